The molecule has 1 saturated carbocycles. The summed E-state index contributed by atoms with van der Waals surface area (Å²) in [6.07, 6.45) is 9.99. The number of benzene rings is 2. The zero-order valence-electron chi connectivity index (χ0n) is 20.4. The van der Waals surface area contributed by atoms with Crippen LogP contribution in [0.1, 0.15) is 31.2 Å². The maximum atomic E-state index is 14.5. The lowest BCUT2D eigenvalue weighted by atomic mass is 9.72. The van der Waals surface area contributed by atoms with Gasteiger partial charge in [0, 0.05) is 41.0 Å². The maximum absolute atomic E-state index is 14.5. The minimum absolute atomic E-state index is 0.111. The molecule has 8 rings (SSSR count). The van der Waals surface area contributed by atoms with Gasteiger partial charge in [-0.1, -0.05) is 43.2 Å². The van der Waals surface area contributed by atoms with E-state index in [0.29, 0.717) is 12.2 Å². The molecule has 1 saturated heterocycles. The third-order valence-electron chi connectivity index (χ3n) is 8.41. The van der Waals surface area contributed by atoms with E-state index in [2.05, 4.69) is 30.3 Å². The number of hydrogen-bond acceptors (Lipinski definition) is 5. The Morgan fingerprint density at radius 2 is 1.92 bits per heavy atom. The lowest BCUT2D eigenvalue weighted by molar-refractivity contribution is -0.122. The minimum Gasteiger partial charge on any atom is -0.492 e. The summed E-state index contributed by atoms with van der Waals surface area (Å²) in [5.41, 5.74) is 5.12. The van der Waals surface area contributed by atoms with E-state index in [1.807, 2.05) is 41.4 Å². The number of fused-ring (bicyclic) bond motifs is 5. The molecular formula is C31H26N2O4. The Morgan fingerprint density at radius 3 is 2.84 bits per heavy atom. The van der Waals surface area contributed by atoms with Crippen LogP contribution in [0, 0.1) is 5.92 Å². The van der Waals surface area contributed by atoms with Crippen molar-refractivity contribution in [2.75, 3.05) is 24.8 Å². The van der Waals surface area contributed by atoms with Gasteiger partial charge in [-0.2, -0.15) is 0 Å². The number of rotatable bonds is 4. The number of carbonyl (C=O) groups excluding carboxylic acids is 1. The van der Waals surface area contributed by atoms with Gasteiger partial charge in [0.15, 0.2) is 11.5 Å². The van der Waals surface area contributed by atoms with Crippen molar-refractivity contribution >= 4 is 22.5 Å². The third-order valence-corrected chi connectivity index (χ3v) is 8.41. The second-order valence-electron chi connectivity index (χ2n) is 10.5. The number of carbonyl (C=O) groups is 1. The molecule has 184 valence electrons. The zero-order chi connectivity index (χ0) is 24.6. The number of hydrogen-bond donors (Lipinski definition) is 0. The normalized spacial score (nSPS) is 23.7. The van der Waals surface area contributed by atoms with Gasteiger partial charge in [0.05, 0.1) is 5.52 Å². The zero-order valence-corrected chi connectivity index (χ0v) is 20.4. The van der Waals surface area contributed by atoms with E-state index < -0.39 is 5.41 Å². The number of anilines is 1. The Balaban J connectivity index is 1.34. The van der Waals surface area contributed by atoms with Crippen molar-refractivity contribution in [1.82, 2.24) is 4.98 Å². The number of para-hydroxylation sites is 1. The van der Waals surface area contributed by atoms with Gasteiger partial charge in [-0.25, -0.2) is 0 Å². The average molecular weight is 491 g/mol. The Bertz CT molecular complexity index is 1580. The van der Waals surface area contributed by atoms with E-state index in [9.17, 15) is 4.79 Å². The van der Waals surface area contributed by atoms with Crippen molar-refractivity contribution < 1.29 is 19.0 Å². The molecule has 0 N–H and O–H groups in total. The Kier molecular flexibility index (Phi) is 4.39. The first kappa shape index (κ1) is 21.1. The van der Waals surface area contributed by atoms with Crippen LogP contribution in [0.15, 0.2) is 89.7 Å². The van der Waals surface area contributed by atoms with Crippen LogP contribution in [0.4, 0.5) is 5.69 Å². The van der Waals surface area contributed by atoms with Crippen LogP contribution < -0.4 is 4.90 Å². The van der Waals surface area contributed by atoms with Gasteiger partial charge in [0.1, 0.15) is 17.8 Å². The van der Waals surface area contributed by atoms with Gasteiger partial charge in [-0.05, 0) is 54.2 Å². The number of amides is 1. The first-order chi connectivity index (χ1) is 18.2. The predicted molar refractivity (Wildman–Crippen MR) is 139 cm³/mol. The van der Waals surface area contributed by atoms with Crippen LogP contribution in [0.2, 0.25) is 0 Å². The summed E-state index contributed by atoms with van der Waals surface area (Å²) in [4.78, 5) is 21.3. The largest absolute Gasteiger partial charge is 0.492 e. The Labute approximate surface area is 214 Å². The molecule has 1 unspecified atom stereocenters. The van der Waals surface area contributed by atoms with Crippen molar-refractivity contribution in [2.24, 2.45) is 5.92 Å². The SMILES string of the molecule is O=C1N(CCC2CC2)c2cccc(-c3cnc4ccccc4c3)c2C12COC1=C2CC=C2OCOC2=C1. The predicted octanol–water partition coefficient (Wildman–Crippen LogP) is 5.75. The van der Waals surface area contributed by atoms with Gasteiger partial charge in [-0.15, -0.1) is 0 Å². The first-order valence-corrected chi connectivity index (χ1v) is 13.1. The van der Waals surface area contributed by atoms with Gasteiger partial charge in [-0.3, -0.25) is 9.78 Å². The van der Waals surface area contributed by atoms with E-state index in [0.717, 1.165) is 69.3 Å². The molecule has 2 fully saturated rings. The highest BCUT2D eigenvalue weighted by Gasteiger charge is 2.59. The molecule has 1 spiro atoms. The average Bonchev–Trinajstić information content (AvgIpc) is 3.53. The van der Waals surface area contributed by atoms with Crippen molar-refractivity contribution in [1.29, 1.82) is 0 Å². The molecular weight excluding hydrogens is 464 g/mol. The molecule has 1 aromatic heterocycles. The van der Waals surface area contributed by atoms with E-state index >= 15 is 0 Å². The van der Waals surface area contributed by atoms with Crippen LogP contribution in [0.5, 0.6) is 0 Å². The molecule has 37 heavy (non-hydrogen) atoms. The fourth-order valence-electron chi connectivity index (χ4n) is 6.33. The summed E-state index contributed by atoms with van der Waals surface area (Å²) in [6.45, 7) is 1.23. The van der Waals surface area contributed by atoms with Crippen molar-refractivity contribution in [2.45, 2.75) is 31.1 Å². The fourth-order valence-corrected chi connectivity index (χ4v) is 6.33. The van der Waals surface area contributed by atoms with E-state index in [1.165, 1.54) is 12.8 Å². The van der Waals surface area contributed by atoms with Gasteiger partial charge < -0.3 is 19.1 Å². The monoisotopic (exact) mass is 490 g/mol. The fraction of sp³-hybridized carbons (Fsp3) is 0.290. The molecule has 0 bridgehead atoms. The summed E-state index contributed by atoms with van der Waals surface area (Å²) in [5, 5.41) is 1.08. The summed E-state index contributed by atoms with van der Waals surface area (Å²) < 4.78 is 17.7. The summed E-state index contributed by atoms with van der Waals surface area (Å²) in [6, 6.07) is 16.6. The number of allylic oxidation sites excluding steroid dienone is 2. The van der Waals surface area contributed by atoms with Crippen LogP contribution >= 0.6 is 0 Å². The highest BCUT2D eigenvalue weighted by Crippen LogP contribution is 2.56. The summed E-state index contributed by atoms with van der Waals surface area (Å²) in [5.74, 6) is 2.96. The van der Waals surface area contributed by atoms with Crippen molar-refractivity contribution in [3.8, 4) is 11.1 Å². The Morgan fingerprint density at radius 1 is 1.03 bits per heavy atom. The van der Waals surface area contributed by atoms with E-state index in [-0.39, 0.29) is 19.3 Å². The number of nitrogens with zero attached hydrogens (tertiary/aromatic N) is 2. The van der Waals surface area contributed by atoms with Gasteiger partial charge in [0.2, 0.25) is 12.7 Å². The highest BCUT2D eigenvalue weighted by atomic mass is 16.7. The minimum atomic E-state index is -0.886. The Hall–Kier alpha value is -4.06. The van der Waals surface area contributed by atoms with E-state index in [1.54, 1.807) is 0 Å². The maximum Gasteiger partial charge on any atom is 0.245 e. The molecule has 0 radical (unpaired) electrons. The highest BCUT2D eigenvalue weighted by molar-refractivity contribution is 6.13. The molecule has 6 heteroatoms. The molecule has 3 aromatic rings. The third kappa shape index (κ3) is 3.05. The van der Waals surface area contributed by atoms with Crippen LogP contribution in [-0.4, -0.2) is 30.8 Å². The summed E-state index contributed by atoms with van der Waals surface area (Å²) >= 11 is 0. The summed E-state index contributed by atoms with van der Waals surface area (Å²) in [7, 11) is 0. The molecule has 4 heterocycles. The lowest BCUT2D eigenvalue weighted by Gasteiger charge is -2.26. The molecule has 2 aliphatic carbocycles. The number of ether oxygens (including phenoxy) is 3. The molecule has 6 nitrogen and oxygen atoms in total. The van der Waals surface area contributed by atoms with Gasteiger partial charge >= 0.3 is 0 Å². The molecule has 1 amide bonds. The van der Waals surface area contributed by atoms with Crippen molar-refractivity contribution in [3.63, 3.8) is 0 Å². The van der Waals surface area contributed by atoms with Crippen LogP contribution in [-0.2, 0) is 24.4 Å². The quantitative estimate of drug-likeness (QED) is 0.466. The number of pyridine rings is 1. The topological polar surface area (TPSA) is 60.9 Å². The molecule has 3 aliphatic heterocycles. The smallest absolute Gasteiger partial charge is 0.245 e. The molecule has 1 atom stereocenters. The van der Waals surface area contributed by atoms with E-state index in [4.69, 9.17) is 19.2 Å². The van der Waals surface area contributed by atoms with Crippen LogP contribution in [0.3, 0.4) is 0 Å². The molecule has 2 aromatic carbocycles. The van der Waals surface area contributed by atoms with Gasteiger partial charge in [0.25, 0.3) is 0 Å². The first-order valence-electron chi connectivity index (χ1n) is 13.1. The molecule has 5 aliphatic rings. The standard InChI is InChI=1S/C31H26N2O4/c34-30-31(17-35-27-15-28-26(36-18-37-28)11-10-23(27)31)29-22(21-14-20-4-1-2-6-24(20)32-16-21)5-3-7-25(29)33(30)13-12-19-8-9-19/h1-7,11,14-16,19H,8-10,12-13,17-18H2. The second-order valence-corrected chi connectivity index (χ2v) is 10.5. The number of aromatic nitrogens is 1. The van der Waals surface area contributed by atoms with Crippen molar-refractivity contribution in [3.05, 3.63) is 95.3 Å². The second kappa shape index (κ2) is 7.72. The van der Waals surface area contributed by atoms with Crippen LogP contribution in [0.25, 0.3) is 22.0 Å². The lowest BCUT2D eigenvalue weighted by Crippen LogP contribution is -2.43.